The van der Waals surface area contributed by atoms with Gasteiger partial charge in [0.05, 0.1) is 11.0 Å². The molecule has 1 unspecified atom stereocenters. The first-order valence-electron chi connectivity index (χ1n) is 6.02. The van der Waals surface area contributed by atoms with E-state index < -0.39 is 9.84 Å². The van der Waals surface area contributed by atoms with E-state index in [0.717, 1.165) is 38.5 Å². The first-order valence-corrected chi connectivity index (χ1v) is 7.74. The van der Waals surface area contributed by atoms with E-state index in [1.165, 1.54) is 12.8 Å². The Morgan fingerprint density at radius 2 is 1.87 bits per heavy atom. The first-order chi connectivity index (χ1) is 7.02. The highest BCUT2D eigenvalue weighted by Gasteiger charge is 2.35. The van der Waals surface area contributed by atoms with Crippen LogP contribution < -0.4 is 5.73 Å². The largest absolute Gasteiger partial charge is 0.325 e. The third-order valence-corrected chi connectivity index (χ3v) is 6.37. The van der Waals surface area contributed by atoms with E-state index >= 15 is 0 Å². The highest BCUT2D eigenvalue weighted by Crippen LogP contribution is 2.34. The minimum atomic E-state index is -2.76. The summed E-state index contributed by atoms with van der Waals surface area (Å²) in [5, 5.41) is -0.0847. The lowest BCUT2D eigenvalue weighted by Crippen LogP contribution is -2.37. The van der Waals surface area contributed by atoms with Gasteiger partial charge in [0.15, 0.2) is 9.84 Å². The standard InChI is InChI=1S/C11H21NO2S/c12-11(6-1-2-7-11)8-5-10-4-3-9-15(10,13)14/h10H,1-9,12H2. The highest BCUT2D eigenvalue weighted by atomic mass is 32.2. The van der Waals surface area contributed by atoms with Gasteiger partial charge in [-0.3, -0.25) is 0 Å². The van der Waals surface area contributed by atoms with Crippen LogP contribution in [0, 0.1) is 0 Å². The number of rotatable bonds is 3. The maximum atomic E-state index is 11.6. The summed E-state index contributed by atoms with van der Waals surface area (Å²) in [5.41, 5.74) is 6.19. The third kappa shape index (κ3) is 2.53. The van der Waals surface area contributed by atoms with Crippen molar-refractivity contribution in [2.24, 2.45) is 5.73 Å². The van der Waals surface area contributed by atoms with E-state index in [2.05, 4.69) is 0 Å². The molecule has 2 aliphatic rings. The molecule has 15 heavy (non-hydrogen) atoms. The fourth-order valence-corrected chi connectivity index (χ4v) is 4.86. The van der Waals surface area contributed by atoms with Gasteiger partial charge < -0.3 is 5.73 Å². The smallest absolute Gasteiger partial charge is 0.153 e. The highest BCUT2D eigenvalue weighted by molar-refractivity contribution is 7.92. The zero-order chi connectivity index (χ0) is 10.9. The minimum Gasteiger partial charge on any atom is -0.325 e. The Morgan fingerprint density at radius 1 is 1.20 bits per heavy atom. The van der Waals surface area contributed by atoms with Crippen LogP contribution in [0.25, 0.3) is 0 Å². The Bertz CT molecular complexity index is 317. The maximum Gasteiger partial charge on any atom is 0.153 e. The van der Waals surface area contributed by atoms with Crippen molar-refractivity contribution in [3.8, 4) is 0 Å². The van der Waals surface area contributed by atoms with E-state index in [0.29, 0.717) is 5.75 Å². The van der Waals surface area contributed by atoms with Crippen molar-refractivity contribution < 1.29 is 8.42 Å². The molecule has 0 aromatic rings. The van der Waals surface area contributed by atoms with Gasteiger partial charge in [-0.25, -0.2) is 8.42 Å². The zero-order valence-corrected chi connectivity index (χ0v) is 10.1. The number of hydrogen-bond donors (Lipinski definition) is 1. The van der Waals surface area contributed by atoms with E-state index in [9.17, 15) is 8.42 Å². The number of hydrogen-bond acceptors (Lipinski definition) is 3. The molecule has 1 aliphatic carbocycles. The molecule has 4 heteroatoms. The van der Waals surface area contributed by atoms with Gasteiger partial charge in [-0.05, 0) is 38.5 Å². The molecule has 2 rings (SSSR count). The molecule has 1 heterocycles. The third-order valence-electron chi connectivity index (χ3n) is 4.03. The molecule has 0 aromatic heterocycles. The molecule has 0 radical (unpaired) electrons. The lowest BCUT2D eigenvalue weighted by Gasteiger charge is -2.24. The van der Waals surface area contributed by atoms with Gasteiger partial charge in [0.25, 0.3) is 0 Å². The van der Waals surface area contributed by atoms with Crippen molar-refractivity contribution in [3.63, 3.8) is 0 Å². The van der Waals surface area contributed by atoms with Crippen LogP contribution in [0.5, 0.6) is 0 Å². The fourth-order valence-electron chi connectivity index (χ4n) is 2.96. The molecule has 88 valence electrons. The van der Waals surface area contributed by atoms with Crippen molar-refractivity contribution in [3.05, 3.63) is 0 Å². The molecule has 2 N–H and O–H groups in total. The SMILES string of the molecule is NC1(CCC2CCCS2(=O)=O)CCCC1. The number of nitrogens with two attached hydrogens (primary N) is 1. The predicted octanol–water partition coefficient (Wildman–Crippen LogP) is 1.62. The molecular weight excluding hydrogens is 210 g/mol. The van der Waals surface area contributed by atoms with Crippen molar-refractivity contribution in [1.82, 2.24) is 0 Å². The maximum absolute atomic E-state index is 11.6. The van der Waals surface area contributed by atoms with E-state index in [1.54, 1.807) is 0 Å². The quantitative estimate of drug-likeness (QED) is 0.803. The Morgan fingerprint density at radius 3 is 2.40 bits per heavy atom. The Kier molecular flexibility index (Phi) is 3.08. The normalized spacial score (nSPS) is 33.3. The van der Waals surface area contributed by atoms with Crippen LogP contribution in [0.3, 0.4) is 0 Å². The van der Waals surface area contributed by atoms with Crippen molar-refractivity contribution in [1.29, 1.82) is 0 Å². The summed E-state index contributed by atoms with van der Waals surface area (Å²) < 4.78 is 23.3. The summed E-state index contributed by atoms with van der Waals surface area (Å²) in [6, 6.07) is 0. The van der Waals surface area contributed by atoms with Crippen molar-refractivity contribution in [2.45, 2.75) is 62.2 Å². The summed E-state index contributed by atoms with van der Waals surface area (Å²) in [6.07, 6.45) is 8.00. The van der Waals surface area contributed by atoms with E-state index in [-0.39, 0.29) is 10.8 Å². The molecule has 3 nitrogen and oxygen atoms in total. The van der Waals surface area contributed by atoms with Gasteiger partial charge in [0.1, 0.15) is 0 Å². The monoisotopic (exact) mass is 231 g/mol. The van der Waals surface area contributed by atoms with Gasteiger partial charge in [-0.15, -0.1) is 0 Å². The summed E-state index contributed by atoms with van der Waals surface area (Å²) in [7, 11) is -2.76. The minimum absolute atomic E-state index is 0.0435. The second-order valence-corrected chi connectivity index (χ2v) is 7.64. The molecule has 1 saturated carbocycles. The summed E-state index contributed by atoms with van der Waals surface area (Å²) in [6.45, 7) is 0. The fraction of sp³-hybridized carbons (Fsp3) is 1.00. The van der Waals surface area contributed by atoms with Gasteiger partial charge in [0, 0.05) is 5.54 Å². The average molecular weight is 231 g/mol. The Labute approximate surface area is 92.3 Å². The van der Waals surface area contributed by atoms with Crippen LogP contribution in [0.2, 0.25) is 0 Å². The zero-order valence-electron chi connectivity index (χ0n) is 9.24. The average Bonchev–Trinajstić information content (AvgIpc) is 2.70. The molecule has 1 saturated heterocycles. The van der Waals surface area contributed by atoms with Crippen molar-refractivity contribution >= 4 is 9.84 Å². The molecule has 0 bridgehead atoms. The van der Waals surface area contributed by atoms with Crippen LogP contribution in [0.1, 0.15) is 51.4 Å². The Hall–Kier alpha value is -0.0900. The van der Waals surface area contributed by atoms with Gasteiger partial charge in [-0.2, -0.15) is 0 Å². The van der Waals surface area contributed by atoms with Gasteiger partial charge in [0.2, 0.25) is 0 Å². The molecule has 0 spiro atoms. The van der Waals surface area contributed by atoms with Crippen LogP contribution in [-0.4, -0.2) is 25.0 Å². The first kappa shape index (κ1) is 11.4. The molecule has 0 aromatic carbocycles. The topological polar surface area (TPSA) is 60.2 Å². The van der Waals surface area contributed by atoms with Crippen LogP contribution in [-0.2, 0) is 9.84 Å². The molecule has 1 aliphatic heterocycles. The lowest BCUT2D eigenvalue weighted by molar-refractivity contribution is 0.387. The van der Waals surface area contributed by atoms with Crippen LogP contribution in [0.4, 0.5) is 0 Å². The molecular formula is C11H21NO2S. The molecule has 0 amide bonds. The number of sulfone groups is 1. The Balaban J connectivity index is 1.88. The van der Waals surface area contributed by atoms with Gasteiger partial charge in [-0.1, -0.05) is 12.8 Å². The summed E-state index contributed by atoms with van der Waals surface area (Å²) in [4.78, 5) is 0. The predicted molar refractivity (Wildman–Crippen MR) is 61.4 cm³/mol. The van der Waals surface area contributed by atoms with E-state index in [4.69, 9.17) is 5.73 Å². The van der Waals surface area contributed by atoms with Crippen molar-refractivity contribution in [2.75, 3.05) is 5.75 Å². The summed E-state index contributed by atoms with van der Waals surface area (Å²) in [5.74, 6) is 0.398. The summed E-state index contributed by atoms with van der Waals surface area (Å²) >= 11 is 0. The van der Waals surface area contributed by atoms with Gasteiger partial charge >= 0.3 is 0 Å². The van der Waals surface area contributed by atoms with Crippen LogP contribution >= 0.6 is 0 Å². The second kappa shape index (κ2) is 4.06. The lowest BCUT2D eigenvalue weighted by atomic mass is 9.91. The van der Waals surface area contributed by atoms with E-state index in [1.807, 2.05) is 0 Å². The second-order valence-electron chi connectivity index (χ2n) is 5.24. The van der Waals surface area contributed by atoms with Crippen LogP contribution in [0.15, 0.2) is 0 Å². The molecule has 2 fully saturated rings. The molecule has 1 atom stereocenters.